The van der Waals surface area contributed by atoms with Crippen LogP contribution in [0.5, 0.6) is 0 Å². The molecule has 1 amide bonds. The largest absolute Gasteiger partial charge is 0.416 e. The molecule has 2 fully saturated rings. The smallest absolute Gasteiger partial charge is 0.378 e. The number of carbonyl (C=O) groups excluding carboxylic acids is 1. The maximum absolute atomic E-state index is 13.4. The second-order valence-electron chi connectivity index (χ2n) is 11.7. The highest BCUT2D eigenvalue weighted by molar-refractivity contribution is 5.82. The number of rotatable bonds is 5. The van der Waals surface area contributed by atoms with E-state index in [9.17, 15) is 27.9 Å². The van der Waals surface area contributed by atoms with Crippen molar-refractivity contribution in [2.24, 2.45) is 0 Å². The number of benzene rings is 1. The van der Waals surface area contributed by atoms with E-state index in [4.69, 9.17) is 4.98 Å². The summed E-state index contributed by atoms with van der Waals surface area (Å²) in [5.41, 5.74) is 1.49. The highest BCUT2D eigenvalue weighted by atomic mass is 19.4. The number of H-pyrrole nitrogens is 1. The Morgan fingerprint density at radius 1 is 1.10 bits per heavy atom. The molecule has 216 valence electrons. The van der Waals surface area contributed by atoms with E-state index < -0.39 is 23.8 Å². The van der Waals surface area contributed by atoms with Gasteiger partial charge in [-0.3, -0.25) is 14.6 Å². The predicted octanol–water partition coefficient (Wildman–Crippen LogP) is 5.32. The zero-order valence-corrected chi connectivity index (χ0v) is 22.7. The van der Waals surface area contributed by atoms with Crippen molar-refractivity contribution in [2.75, 3.05) is 6.54 Å². The standard InChI is InChI=1S/C31H33F3N4O3/c32-31(33,34)22-9-4-8-20(14-22)26(39)28(41)38-13-5-10-25-24(18-38)27(40)37-29(36-25)30(11-12-30)23-15-21(16-35-17-23)19-6-2-1-3-7-19/h4,8-9,14-17,19,26,39H,1-3,5-7,10-13,18H2,(H,36,37,40)/t26-/m1/s1. The Morgan fingerprint density at radius 2 is 1.88 bits per heavy atom. The topological polar surface area (TPSA) is 99.2 Å². The van der Waals surface area contributed by atoms with Gasteiger partial charge in [0.05, 0.1) is 28.8 Å². The predicted molar refractivity (Wildman–Crippen MR) is 145 cm³/mol. The zero-order chi connectivity index (χ0) is 28.8. The van der Waals surface area contributed by atoms with Crippen molar-refractivity contribution in [1.29, 1.82) is 0 Å². The van der Waals surface area contributed by atoms with E-state index in [1.54, 1.807) is 0 Å². The highest BCUT2D eigenvalue weighted by Gasteiger charge is 2.49. The molecule has 3 aromatic rings. The Kier molecular flexibility index (Phi) is 7.21. The van der Waals surface area contributed by atoms with Crippen LogP contribution in [0.1, 0.15) is 103 Å². The molecule has 0 spiro atoms. The number of halogens is 3. The molecule has 2 aromatic heterocycles. The third-order valence-corrected chi connectivity index (χ3v) is 8.96. The Hall–Kier alpha value is -3.53. The van der Waals surface area contributed by atoms with Crippen molar-refractivity contribution in [1.82, 2.24) is 19.9 Å². The number of hydrogen-bond acceptors (Lipinski definition) is 5. The van der Waals surface area contributed by atoms with Crippen LogP contribution in [0, 0.1) is 0 Å². The number of aromatic amines is 1. The maximum atomic E-state index is 13.4. The van der Waals surface area contributed by atoms with E-state index in [0.717, 1.165) is 36.6 Å². The Morgan fingerprint density at radius 3 is 2.61 bits per heavy atom. The van der Waals surface area contributed by atoms with E-state index >= 15 is 0 Å². The molecule has 6 rings (SSSR count). The molecule has 1 atom stereocenters. The first-order chi connectivity index (χ1) is 19.7. The SMILES string of the molecule is O=C([C@H](O)c1cccc(C(F)(F)F)c1)N1CCCc2nc(C3(c4cncc(C5CCCCC5)c4)CC3)[nH]c(=O)c2C1. The number of pyridine rings is 1. The van der Waals surface area contributed by atoms with Gasteiger partial charge in [0.25, 0.3) is 11.5 Å². The lowest BCUT2D eigenvalue weighted by atomic mass is 9.83. The number of nitrogens with one attached hydrogen (secondary N) is 1. The summed E-state index contributed by atoms with van der Waals surface area (Å²) in [6, 6.07) is 6.36. The summed E-state index contributed by atoms with van der Waals surface area (Å²) < 4.78 is 39.5. The fraction of sp³-hybridized carbons (Fsp3) is 0.484. The number of aryl methyl sites for hydroxylation is 1. The normalized spacial score (nSPS) is 19.8. The highest BCUT2D eigenvalue weighted by Crippen LogP contribution is 2.52. The molecule has 0 unspecified atom stereocenters. The maximum Gasteiger partial charge on any atom is 0.416 e. The van der Waals surface area contributed by atoms with E-state index in [0.29, 0.717) is 35.8 Å². The Bertz CT molecular complexity index is 1510. The Balaban J connectivity index is 1.24. The molecule has 1 aliphatic heterocycles. The monoisotopic (exact) mass is 566 g/mol. The second-order valence-corrected chi connectivity index (χ2v) is 11.7. The molecule has 3 heterocycles. The molecule has 0 saturated heterocycles. The molecule has 2 N–H and O–H groups in total. The minimum absolute atomic E-state index is 0.0709. The van der Waals surface area contributed by atoms with Crippen LogP contribution < -0.4 is 5.56 Å². The fourth-order valence-electron chi connectivity index (χ4n) is 6.40. The third kappa shape index (κ3) is 5.41. The molecule has 3 aliphatic rings. The van der Waals surface area contributed by atoms with Crippen LogP contribution in [-0.2, 0) is 29.4 Å². The summed E-state index contributed by atoms with van der Waals surface area (Å²) in [7, 11) is 0. The summed E-state index contributed by atoms with van der Waals surface area (Å²) in [4.78, 5) is 40.3. The quantitative estimate of drug-likeness (QED) is 0.436. The van der Waals surface area contributed by atoms with E-state index in [1.807, 2.05) is 12.4 Å². The van der Waals surface area contributed by atoms with Gasteiger partial charge in [-0.05, 0) is 73.3 Å². The fourth-order valence-corrected chi connectivity index (χ4v) is 6.40. The zero-order valence-electron chi connectivity index (χ0n) is 22.7. The molecular formula is C31H33F3N4O3. The number of hydrogen-bond donors (Lipinski definition) is 2. The van der Waals surface area contributed by atoms with Gasteiger partial charge in [0.2, 0.25) is 0 Å². The van der Waals surface area contributed by atoms with Crippen LogP contribution in [0.15, 0.2) is 47.5 Å². The number of alkyl halides is 3. The van der Waals surface area contributed by atoms with Crippen LogP contribution in [-0.4, -0.2) is 37.4 Å². The van der Waals surface area contributed by atoms with Gasteiger partial charge in [-0.25, -0.2) is 4.98 Å². The van der Waals surface area contributed by atoms with Crippen molar-refractivity contribution in [2.45, 2.75) is 87.9 Å². The number of aliphatic hydroxyl groups is 1. The molecular weight excluding hydrogens is 533 g/mol. The molecule has 10 heteroatoms. The van der Waals surface area contributed by atoms with Crippen molar-refractivity contribution in [3.05, 3.63) is 92.4 Å². The number of aliphatic hydroxyl groups excluding tert-OH is 1. The molecule has 2 aliphatic carbocycles. The second kappa shape index (κ2) is 10.7. The summed E-state index contributed by atoms with van der Waals surface area (Å²) in [6.07, 6.45) is 6.26. The Labute approximate surface area is 235 Å². The number of carbonyl (C=O) groups is 1. The van der Waals surface area contributed by atoms with Gasteiger partial charge in [-0.1, -0.05) is 37.5 Å². The van der Waals surface area contributed by atoms with Crippen molar-refractivity contribution in [3.63, 3.8) is 0 Å². The van der Waals surface area contributed by atoms with Crippen LogP contribution in [0.25, 0.3) is 0 Å². The number of amides is 1. The van der Waals surface area contributed by atoms with Gasteiger partial charge in [-0.2, -0.15) is 13.2 Å². The van der Waals surface area contributed by atoms with Crippen LogP contribution in [0.4, 0.5) is 13.2 Å². The van der Waals surface area contributed by atoms with Crippen LogP contribution in [0.2, 0.25) is 0 Å². The lowest BCUT2D eigenvalue weighted by molar-refractivity contribution is -0.142. The lowest BCUT2D eigenvalue weighted by Gasteiger charge is -2.24. The minimum Gasteiger partial charge on any atom is -0.378 e. The van der Waals surface area contributed by atoms with Gasteiger partial charge in [0.15, 0.2) is 6.10 Å². The number of aromatic nitrogens is 3. The third-order valence-electron chi connectivity index (χ3n) is 8.96. The van der Waals surface area contributed by atoms with E-state index in [1.165, 1.54) is 48.6 Å². The number of fused-ring (bicyclic) bond motifs is 1. The first kappa shape index (κ1) is 27.6. The summed E-state index contributed by atoms with van der Waals surface area (Å²) >= 11 is 0. The summed E-state index contributed by atoms with van der Waals surface area (Å²) in [5, 5.41) is 10.7. The van der Waals surface area contributed by atoms with Gasteiger partial charge in [-0.15, -0.1) is 0 Å². The average Bonchev–Trinajstić information content (AvgIpc) is 3.81. The summed E-state index contributed by atoms with van der Waals surface area (Å²) in [5.74, 6) is 0.387. The molecule has 41 heavy (non-hydrogen) atoms. The first-order valence-corrected chi connectivity index (χ1v) is 14.4. The minimum atomic E-state index is -4.59. The van der Waals surface area contributed by atoms with Crippen LogP contribution >= 0.6 is 0 Å². The van der Waals surface area contributed by atoms with Gasteiger partial charge in [0.1, 0.15) is 5.82 Å². The lowest BCUT2D eigenvalue weighted by Crippen LogP contribution is -2.36. The van der Waals surface area contributed by atoms with Crippen molar-refractivity contribution < 1.29 is 23.1 Å². The first-order valence-electron chi connectivity index (χ1n) is 14.4. The van der Waals surface area contributed by atoms with Crippen molar-refractivity contribution >= 4 is 5.91 Å². The molecule has 0 radical (unpaired) electrons. The van der Waals surface area contributed by atoms with E-state index in [2.05, 4.69) is 16.0 Å². The molecule has 0 bridgehead atoms. The van der Waals surface area contributed by atoms with Gasteiger partial charge >= 0.3 is 6.18 Å². The molecule has 2 saturated carbocycles. The van der Waals surface area contributed by atoms with Gasteiger partial charge < -0.3 is 15.0 Å². The van der Waals surface area contributed by atoms with Crippen molar-refractivity contribution in [3.8, 4) is 0 Å². The summed E-state index contributed by atoms with van der Waals surface area (Å²) in [6.45, 7) is 0.178. The van der Waals surface area contributed by atoms with Gasteiger partial charge in [0, 0.05) is 18.9 Å². The number of nitrogens with zero attached hydrogens (tertiary/aromatic N) is 3. The average molecular weight is 567 g/mol. The van der Waals surface area contributed by atoms with Crippen LogP contribution in [0.3, 0.4) is 0 Å². The molecule has 1 aromatic carbocycles. The van der Waals surface area contributed by atoms with E-state index in [-0.39, 0.29) is 29.6 Å². The molecule has 7 nitrogen and oxygen atoms in total.